The Balaban J connectivity index is 2.32. The zero-order valence-electron chi connectivity index (χ0n) is 13.3. The zero-order chi connectivity index (χ0) is 14.9. The topological polar surface area (TPSA) is 0 Å². The molecule has 21 heavy (non-hydrogen) atoms. The Kier molecular flexibility index (Phi) is 3.62. The fourth-order valence-corrected chi connectivity index (χ4v) is 5.15. The normalized spacial score (nSPS) is 16.4. The lowest BCUT2D eigenvalue weighted by atomic mass is 9.56. The molecule has 1 heterocycles. The average molecular weight is 292 g/mol. The van der Waals surface area contributed by atoms with Crippen LogP contribution >= 0.6 is 0 Å². The van der Waals surface area contributed by atoms with Gasteiger partial charge in [-0.15, -0.1) is 5.70 Å². The Bertz CT molecular complexity index is 593. The van der Waals surface area contributed by atoms with Crippen LogP contribution in [0.1, 0.15) is 31.9 Å². The van der Waals surface area contributed by atoms with E-state index in [1.165, 1.54) is 17.2 Å². The van der Waals surface area contributed by atoms with Crippen molar-refractivity contribution in [1.29, 1.82) is 0 Å². The van der Waals surface area contributed by atoms with Gasteiger partial charge in [0.15, 0.2) is 0 Å². The Morgan fingerprint density at radius 1 is 0.762 bits per heavy atom. The summed E-state index contributed by atoms with van der Waals surface area (Å²) in [5.41, 5.74) is 7.24. The van der Waals surface area contributed by atoms with Crippen LogP contribution < -0.4 is 0 Å². The molecule has 0 amide bonds. The standard InChI is InChI=1S/C20H24Si/c1-19(2,3)20(18-14-21-15-18,16-10-6-4-7-11-16)17-12-8-5-9-13-17/h4-14H,15,21H2,1-3H3. The van der Waals surface area contributed by atoms with Gasteiger partial charge in [-0.25, -0.2) is 0 Å². The fourth-order valence-electron chi connectivity index (χ4n) is 3.89. The molecule has 0 bridgehead atoms. The van der Waals surface area contributed by atoms with Crippen LogP contribution in [-0.2, 0) is 5.41 Å². The molecule has 1 heteroatoms. The average Bonchev–Trinajstić information content (AvgIpc) is 2.43. The van der Waals surface area contributed by atoms with Crippen LogP contribution in [0.4, 0.5) is 0 Å². The predicted molar refractivity (Wildman–Crippen MR) is 94.6 cm³/mol. The van der Waals surface area contributed by atoms with Crippen LogP contribution in [0.2, 0.25) is 6.04 Å². The SMILES string of the molecule is CC(C)(C)C(C1=C[SiH2]C1)(c1ccccc1)c1ccccc1. The molecule has 0 aliphatic carbocycles. The molecular weight excluding hydrogens is 268 g/mol. The molecule has 0 aromatic heterocycles. The number of hydrogen-bond donors (Lipinski definition) is 0. The Hall–Kier alpha value is -1.60. The number of allylic oxidation sites excluding steroid dienone is 1. The Morgan fingerprint density at radius 3 is 1.48 bits per heavy atom. The Labute approximate surface area is 130 Å². The maximum atomic E-state index is 2.57. The third-order valence-corrected chi connectivity index (χ3v) is 6.43. The van der Waals surface area contributed by atoms with E-state index in [2.05, 4.69) is 87.1 Å². The second kappa shape index (κ2) is 5.30. The zero-order valence-corrected chi connectivity index (χ0v) is 14.7. The van der Waals surface area contributed by atoms with E-state index < -0.39 is 0 Å². The monoisotopic (exact) mass is 292 g/mol. The first kappa shape index (κ1) is 14.3. The van der Waals surface area contributed by atoms with Crippen molar-refractivity contribution in [1.82, 2.24) is 0 Å². The summed E-state index contributed by atoms with van der Waals surface area (Å²) in [7, 11) is 0.0479. The van der Waals surface area contributed by atoms with Crippen LogP contribution in [0, 0.1) is 5.41 Å². The van der Waals surface area contributed by atoms with Crippen LogP contribution in [0.15, 0.2) is 71.9 Å². The molecule has 0 atom stereocenters. The van der Waals surface area contributed by atoms with Crippen LogP contribution in [0.25, 0.3) is 0 Å². The molecule has 0 saturated carbocycles. The van der Waals surface area contributed by atoms with Crippen molar-refractivity contribution in [3.05, 3.63) is 83.1 Å². The van der Waals surface area contributed by atoms with Crippen molar-refractivity contribution >= 4 is 9.52 Å². The summed E-state index contributed by atoms with van der Waals surface area (Å²) in [5.74, 6) is 0. The minimum Gasteiger partial charge on any atom is -0.101 e. The second-order valence-electron chi connectivity index (χ2n) is 7.00. The van der Waals surface area contributed by atoms with Gasteiger partial charge in [0.1, 0.15) is 0 Å². The van der Waals surface area contributed by atoms with Crippen LogP contribution in [0.3, 0.4) is 0 Å². The van der Waals surface area contributed by atoms with Gasteiger partial charge in [0, 0.05) is 14.9 Å². The van der Waals surface area contributed by atoms with Crippen LogP contribution in [-0.4, -0.2) is 9.52 Å². The van der Waals surface area contributed by atoms with Gasteiger partial charge in [-0.2, -0.15) is 0 Å². The molecule has 2 aromatic rings. The van der Waals surface area contributed by atoms with E-state index in [9.17, 15) is 0 Å². The molecule has 0 spiro atoms. The summed E-state index contributed by atoms with van der Waals surface area (Å²) >= 11 is 0. The summed E-state index contributed by atoms with van der Waals surface area (Å²) in [6.07, 6.45) is 0. The lowest BCUT2D eigenvalue weighted by Crippen LogP contribution is -2.45. The second-order valence-corrected chi connectivity index (χ2v) is 8.49. The Morgan fingerprint density at radius 2 is 1.19 bits per heavy atom. The number of rotatable bonds is 3. The van der Waals surface area contributed by atoms with E-state index in [4.69, 9.17) is 0 Å². The van der Waals surface area contributed by atoms with Gasteiger partial charge >= 0.3 is 0 Å². The molecule has 3 rings (SSSR count). The molecule has 0 unspecified atom stereocenters. The summed E-state index contributed by atoms with van der Waals surface area (Å²) in [6, 6.07) is 23.5. The highest BCUT2D eigenvalue weighted by Gasteiger charge is 2.48. The van der Waals surface area contributed by atoms with Crippen molar-refractivity contribution in [2.75, 3.05) is 0 Å². The third-order valence-electron chi connectivity index (χ3n) is 4.82. The summed E-state index contributed by atoms with van der Waals surface area (Å²) in [6.45, 7) is 7.15. The molecule has 108 valence electrons. The quantitative estimate of drug-likeness (QED) is 0.731. The lowest BCUT2D eigenvalue weighted by Gasteiger charge is -2.50. The van der Waals surface area contributed by atoms with Crippen molar-refractivity contribution in [3.8, 4) is 0 Å². The van der Waals surface area contributed by atoms with Gasteiger partial charge in [-0.3, -0.25) is 0 Å². The maximum Gasteiger partial charge on any atom is 0.0494 e. The van der Waals surface area contributed by atoms with Crippen molar-refractivity contribution in [2.45, 2.75) is 32.2 Å². The molecule has 0 fully saturated rings. The summed E-state index contributed by atoms with van der Waals surface area (Å²) in [4.78, 5) is 0. The number of hydrogen-bond acceptors (Lipinski definition) is 0. The van der Waals surface area contributed by atoms with Crippen molar-refractivity contribution < 1.29 is 0 Å². The number of benzene rings is 2. The van der Waals surface area contributed by atoms with Crippen LogP contribution in [0.5, 0.6) is 0 Å². The fraction of sp³-hybridized carbons (Fsp3) is 0.300. The van der Waals surface area contributed by atoms with E-state index >= 15 is 0 Å². The molecule has 1 aliphatic rings. The highest BCUT2D eigenvalue weighted by molar-refractivity contribution is 6.47. The van der Waals surface area contributed by atoms with E-state index in [1.807, 2.05) is 0 Å². The van der Waals surface area contributed by atoms with Gasteiger partial charge in [-0.1, -0.05) is 87.0 Å². The summed E-state index contributed by atoms with van der Waals surface area (Å²) in [5, 5.41) is 0. The molecule has 0 N–H and O–H groups in total. The lowest BCUT2D eigenvalue weighted by molar-refractivity contribution is 0.266. The predicted octanol–water partition coefficient (Wildman–Crippen LogP) is 4.50. The van der Waals surface area contributed by atoms with E-state index in [0.717, 1.165) is 0 Å². The highest BCUT2D eigenvalue weighted by Crippen LogP contribution is 2.54. The summed E-state index contributed by atoms with van der Waals surface area (Å²) < 4.78 is 0. The first-order chi connectivity index (χ1) is 10.1. The van der Waals surface area contributed by atoms with E-state index in [1.54, 1.807) is 5.57 Å². The van der Waals surface area contributed by atoms with E-state index in [-0.39, 0.29) is 20.3 Å². The van der Waals surface area contributed by atoms with Gasteiger partial charge in [0.25, 0.3) is 0 Å². The third kappa shape index (κ3) is 2.20. The van der Waals surface area contributed by atoms with Gasteiger partial charge in [-0.05, 0) is 22.6 Å². The van der Waals surface area contributed by atoms with Crippen molar-refractivity contribution in [2.24, 2.45) is 5.41 Å². The van der Waals surface area contributed by atoms with Gasteiger partial charge in [0.05, 0.1) is 0 Å². The minimum atomic E-state index is 0.0147. The molecule has 0 nitrogen and oxygen atoms in total. The highest BCUT2D eigenvalue weighted by atomic mass is 28.2. The minimum absolute atomic E-state index is 0.0147. The van der Waals surface area contributed by atoms with Crippen molar-refractivity contribution in [3.63, 3.8) is 0 Å². The molecular formula is C20H24Si. The first-order valence-electron chi connectivity index (χ1n) is 7.87. The van der Waals surface area contributed by atoms with Gasteiger partial charge in [0.2, 0.25) is 0 Å². The van der Waals surface area contributed by atoms with E-state index in [0.29, 0.717) is 0 Å². The first-order valence-corrected chi connectivity index (χ1v) is 9.69. The van der Waals surface area contributed by atoms with Gasteiger partial charge < -0.3 is 0 Å². The maximum absolute atomic E-state index is 2.57. The molecule has 2 aromatic carbocycles. The molecule has 1 aliphatic heterocycles. The largest absolute Gasteiger partial charge is 0.101 e. The molecule has 0 radical (unpaired) electrons. The smallest absolute Gasteiger partial charge is 0.0494 e. The molecule has 0 saturated heterocycles.